The largest absolute Gasteiger partial charge is 0.348 e. The quantitative estimate of drug-likeness (QED) is 0.696. The number of rotatable bonds is 7. The summed E-state index contributed by atoms with van der Waals surface area (Å²) in [5.41, 5.74) is 2.80. The van der Waals surface area contributed by atoms with Crippen molar-refractivity contribution < 1.29 is 21.6 Å². The summed E-state index contributed by atoms with van der Waals surface area (Å²) in [5, 5.41) is 2.82. The van der Waals surface area contributed by atoms with Crippen molar-refractivity contribution in [2.45, 2.75) is 44.7 Å². The molecule has 7 nitrogen and oxygen atoms in total. The molecule has 2 aromatic carbocycles. The molecular weight excluding hydrogens is 424 g/mol. The van der Waals surface area contributed by atoms with Crippen LogP contribution in [-0.4, -0.2) is 41.3 Å². The van der Waals surface area contributed by atoms with E-state index < -0.39 is 37.9 Å². The average molecular weight is 453 g/mol. The number of hydrogen-bond acceptors (Lipinski definition) is 5. The second kappa shape index (κ2) is 8.77. The maximum Gasteiger partial charge on any atom is 0.244 e. The molecule has 0 saturated carbocycles. The van der Waals surface area contributed by atoms with Crippen LogP contribution in [0.3, 0.4) is 0 Å². The zero-order valence-electron chi connectivity index (χ0n) is 18.0. The van der Waals surface area contributed by atoms with Gasteiger partial charge in [-0.05, 0) is 62.6 Å². The van der Waals surface area contributed by atoms with E-state index in [4.69, 9.17) is 0 Å². The number of amides is 1. The van der Waals surface area contributed by atoms with Crippen LogP contribution in [-0.2, 0) is 24.7 Å². The standard InChI is InChI=1S/C21H28N2O5S2/c1-14-7-8-15(2)20(13-14)23(30(6,27)28)17(4)21(24)22-16(3)18-9-11-19(12-10-18)29(5,25)26/h7-13,16-17H,1-6H3,(H,22,24)/t16-,17-/m0/s1. The molecule has 0 aromatic heterocycles. The van der Waals surface area contributed by atoms with Gasteiger partial charge in [-0.1, -0.05) is 24.3 Å². The molecule has 164 valence electrons. The molecule has 0 heterocycles. The van der Waals surface area contributed by atoms with Crippen molar-refractivity contribution in [2.75, 3.05) is 16.8 Å². The molecule has 0 aliphatic carbocycles. The molecule has 0 bridgehead atoms. The SMILES string of the molecule is Cc1ccc(C)c(N([C@@H](C)C(=O)N[C@@H](C)c2ccc(S(C)(=O)=O)cc2)S(C)(=O)=O)c1. The number of aryl methyl sites for hydroxylation is 2. The van der Waals surface area contributed by atoms with Crippen molar-refractivity contribution >= 4 is 31.5 Å². The van der Waals surface area contributed by atoms with E-state index in [1.807, 2.05) is 19.1 Å². The van der Waals surface area contributed by atoms with E-state index in [9.17, 15) is 21.6 Å². The van der Waals surface area contributed by atoms with E-state index in [1.165, 1.54) is 19.1 Å². The number of benzene rings is 2. The lowest BCUT2D eigenvalue weighted by atomic mass is 10.1. The Kier molecular flexibility index (Phi) is 6.98. The van der Waals surface area contributed by atoms with Gasteiger partial charge >= 0.3 is 0 Å². The number of carbonyl (C=O) groups is 1. The predicted octanol–water partition coefficient (Wildman–Crippen LogP) is 2.74. The lowest BCUT2D eigenvalue weighted by molar-refractivity contribution is -0.122. The van der Waals surface area contributed by atoms with Crippen LogP contribution in [0.2, 0.25) is 0 Å². The first kappa shape index (κ1) is 23.9. The number of anilines is 1. The van der Waals surface area contributed by atoms with Gasteiger partial charge in [0, 0.05) is 6.26 Å². The van der Waals surface area contributed by atoms with Crippen LogP contribution >= 0.6 is 0 Å². The van der Waals surface area contributed by atoms with Crippen LogP contribution in [0, 0.1) is 13.8 Å². The molecule has 2 atom stereocenters. The van der Waals surface area contributed by atoms with Crippen LogP contribution in [0.1, 0.15) is 36.6 Å². The van der Waals surface area contributed by atoms with Gasteiger partial charge in [-0.2, -0.15) is 0 Å². The van der Waals surface area contributed by atoms with Crippen molar-refractivity contribution in [1.29, 1.82) is 0 Å². The Hall–Kier alpha value is -2.39. The number of sulfonamides is 1. The Bertz CT molecular complexity index is 1140. The van der Waals surface area contributed by atoms with Crippen molar-refractivity contribution in [3.8, 4) is 0 Å². The first-order chi connectivity index (χ1) is 13.7. The van der Waals surface area contributed by atoms with Crippen LogP contribution in [0.15, 0.2) is 47.4 Å². The topological polar surface area (TPSA) is 101 Å². The maximum absolute atomic E-state index is 12.9. The highest BCUT2D eigenvalue weighted by Gasteiger charge is 2.31. The fourth-order valence-corrected chi connectivity index (χ4v) is 5.01. The lowest BCUT2D eigenvalue weighted by Crippen LogP contribution is -2.48. The Morgan fingerprint density at radius 3 is 2.00 bits per heavy atom. The summed E-state index contributed by atoms with van der Waals surface area (Å²) in [6.07, 6.45) is 2.20. The summed E-state index contributed by atoms with van der Waals surface area (Å²) in [4.78, 5) is 13.1. The summed E-state index contributed by atoms with van der Waals surface area (Å²) >= 11 is 0. The molecule has 0 saturated heterocycles. The first-order valence-electron chi connectivity index (χ1n) is 9.39. The molecule has 30 heavy (non-hydrogen) atoms. The molecule has 0 aliphatic rings. The van der Waals surface area contributed by atoms with Crippen LogP contribution in [0.25, 0.3) is 0 Å². The number of hydrogen-bond donors (Lipinski definition) is 1. The molecule has 2 aromatic rings. The number of sulfone groups is 1. The normalized spacial score (nSPS) is 14.1. The van der Waals surface area contributed by atoms with Crippen molar-refractivity contribution in [2.24, 2.45) is 0 Å². The third-order valence-corrected chi connectivity index (χ3v) is 7.21. The van der Waals surface area contributed by atoms with Gasteiger partial charge in [0.2, 0.25) is 15.9 Å². The fraction of sp³-hybridized carbons (Fsp3) is 0.381. The zero-order valence-corrected chi connectivity index (χ0v) is 19.6. The Morgan fingerprint density at radius 2 is 1.50 bits per heavy atom. The molecule has 0 aliphatic heterocycles. The second-order valence-electron chi connectivity index (χ2n) is 7.60. The van der Waals surface area contributed by atoms with E-state index in [0.29, 0.717) is 11.3 Å². The highest BCUT2D eigenvalue weighted by molar-refractivity contribution is 7.92. The third kappa shape index (κ3) is 5.60. The number of nitrogens with one attached hydrogen (secondary N) is 1. The van der Waals surface area contributed by atoms with Gasteiger partial charge in [-0.25, -0.2) is 16.8 Å². The Morgan fingerprint density at radius 1 is 0.933 bits per heavy atom. The van der Waals surface area contributed by atoms with Crippen LogP contribution in [0.5, 0.6) is 0 Å². The fourth-order valence-electron chi connectivity index (χ4n) is 3.16. The molecule has 2 rings (SSSR count). The first-order valence-corrected chi connectivity index (χ1v) is 13.1. The smallest absolute Gasteiger partial charge is 0.244 e. The van der Waals surface area contributed by atoms with Crippen LogP contribution < -0.4 is 9.62 Å². The van der Waals surface area contributed by atoms with Crippen LogP contribution in [0.4, 0.5) is 5.69 Å². The summed E-state index contributed by atoms with van der Waals surface area (Å²) in [6.45, 7) is 6.94. The van der Waals surface area contributed by atoms with Gasteiger partial charge in [0.1, 0.15) is 6.04 Å². The summed E-state index contributed by atoms with van der Waals surface area (Å²) in [5.74, 6) is -0.457. The minimum atomic E-state index is -3.72. The maximum atomic E-state index is 12.9. The molecule has 1 N–H and O–H groups in total. The lowest BCUT2D eigenvalue weighted by Gasteiger charge is -2.30. The average Bonchev–Trinajstić information content (AvgIpc) is 2.62. The van der Waals surface area contributed by atoms with Gasteiger partial charge in [-0.3, -0.25) is 9.10 Å². The summed E-state index contributed by atoms with van der Waals surface area (Å²) in [7, 11) is -7.03. The van der Waals surface area contributed by atoms with Crippen molar-refractivity contribution in [1.82, 2.24) is 5.32 Å². The van der Waals surface area contributed by atoms with E-state index in [2.05, 4.69) is 5.32 Å². The number of nitrogens with zero attached hydrogens (tertiary/aromatic N) is 1. The molecule has 0 radical (unpaired) electrons. The van der Waals surface area contributed by atoms with Gasteiger partial charge in [0.15, 0.2) is 9.84 Å². The van der Waals surface area contributed by atoms with E-state index in [-0.39, 0.29) is 4.90 Å². The minimum Gasteiger partial charge on any atom is -0.348 e. The third-order valence-electron chi connectivity index (χ3n) is 4.86. The molecule has 9 heteroatoms. The Balaban J connectivity index is 2.28. The predicted molar refractivity (Wildman–Crippen MR) is 119 cm³/mol. The van der Waals surface area contributed by atoms with Gasteiger partial charge in [-0.15, -0.1) is 0 Å². The molecule has 0 fully saturated rings. The van der Waals surface area contributed by atoms with E-state index >= 15 is 0 Å². The van der Waals surface area contributed by atoms with Crippen molar-refractivity contribution in [3.63, 3.8) is 0 Å². The second-order valence-corrected chi connectivity index (χ2v) is 11.5. The van der Waals surface area contributed by atoms with E-state index in [0.717, 1.165) is 27.9 Å². The molecule has 0 unspecified atom stereocenters. The molecular formula is C21H28N2O5S2. The summed E-state index contributed by atoms with van der Waals surface area (Å²) < 4.78 is 49.4. The molecule has 1 amide bonds. The van der Waals surface area contributed by atoms with E-state index in [1.54, 1.807) is 32.0 Å². The van der Waals surface area contributed by atoms with Gasteiger partial charge < -0.3 is 5.32 Å². The Labute approximate surface area is 179 Å². The highest BCUT2D eigenvalue weighted by atomic mass is 32.2. The highest BCUT2D eigenvalue weighted by Crippen LogP contribution is 2.26. The number of carbonyl (C=O) groups excluding carboxylic acids is 1. The van der Waals surface area contributed by atoms with Crippen molar-refractivity contribution in [3.05, 3.63) is 59.2 Å². The minimum absolute atomic E-state index is 0.191. The van der Waals surface area contributed by atoms with Gasteiger partial charge in [0.25, 0.3) is 0 Å². The monoisotopic (exact) mass is 452 g/mol. The van der Waals surface area contributed by atoms with Gasteiger partial charge in [0.05, 0.1) is 22.9 Å². The summed E-state index contributed by atoms with van der Waals surface area (Å²) in [6, 6.07) is 10.3. The zero-order chi connectivity index (χ0) is 22.9. The molecule has 0 spiro atoms.